The first-order valence-corrected chi connectivity index (χ1v) is 9.74. The number of hydrogen-bond acceptors (Lipinski definition) is 8. The molecule has 2 aliphatic heterocycles. The van der Waals surface area contributed by atoms with Crippen molar-refractivity contribution in [2.45, 2.75) is 27.7 Å². The van der Waals surface area contributed by atoms with Gasteiger partial charge in [0.2, 0.25) is 0 Å². The summed E-state index contributed by atoms with van der Waals surface area (Å²) in [5.74, 6) is -0.125. The number of benzene rings is 1. The molecule has 0 amide bonds. The van der Waals surface area contributed by atoms with Crippen molar-refractivity contribution in [2.75, 3.05) is 23.9 Å². The van der Waals surface area contributed by atoms with Gasteiger partial charge >= 0.3 is 42.1 Å². The summed E-state index contributed by atoms with van der Waals surface area (Å²) >= 11 is 0. The Labute approximate surface area is 231 Å². The van der Waals surface area contributed by atoms with Crippen LogP contribution in [0.5, 0.6) is 0 Å². The third-order valence-corrected chi connectivity index (χ3v) is 3.63. The summed E-state index contributed by atoms with van der Waals surface area (Å²) < 4.78 is 0. The minimum atomic E-state index is -0.125. The van der Waals surface area contributed by atoms with Gasteiger partial charge in [0.25, 0.3) is 0 Å². The van der Waals surface area contributed by atoms with Crippen LogP contribution in [0.3, 0.4) is 0 Å². The van der Waals surface area contributed by atoms with E-state index in [2.05, 4.69) is 12.1 Å². The molecule has 2 aliphatic rings. The average Bonchev–Trinajstić information content (AvgIpc) is 3.29. The SMILES string of the molecule is CC(=O)C=C(C)O.CC(=O)C=C(C)O.CN1C=CN(c2[c-]cc(N3C=CN(C)[CH-]3)[c-]c2)[CH-]1.[Pt+2].[Pt+2]. The molecule has 1 aromatic rings. The third-order valence-electron chi connectivity index (χ3n) is 3.63. The van der Waals surface area contributed by atoms with Crippen molar-refractivity contribution in [3.63, 3.8) is 0 Å². The van der Waals surface area contributed by atoms with Crippen molar-refractivity contribution in [1.29, 1.82) is 0 Å². The molecule has 0 aliphatic carbocycles. The fourth-order valence-electron chi connectivity index (χ4n) is 2.44. The van der Waals surface area contributed by atoms with Crippen LogP contribution < -0.4 is 9.80 Å². The van der Waals surface area contributed by atoms with Crippen molar-refractivity contribution in [3.05, 3.63) is 86.1 Å². The first-order chi connectivity index (χ1) is 15.0. The van der Waals surface area contributed by atoms with Crippen molar-refractivity contribution in [1.82, 2.24) is 9.80 Å². The van der Waals surface area contributed by atoms with Crippen LogP contribution in [0.1, 0.15) is 27.7 Å². The maximum Gasteiger partial charge on any atom is 2.00 e. The van der Waals surface area contributed by atoms with Crippen LogP contribution in [0.4, 0.5) is 11.4 Å². The number of nitrogens with zero attached hydrogens (tertiary/aromatic N) is 4. The summed E-state index contributed by atoms with van der Waals surface area (Å²) in [5.41, 5.74) is 1.96. The van der Waals surface area contributed by atoms with Crippen molar-refractivity contribution in [3.8, 4) is 0 Å². The molecule has 1 aromatic carbocycles. The van der Waals surface area contributed by atoms with E-state index in [1.54, 1.807) is 0 Å². The van der Waals surface area contributed by atoms with Gasteiger partial charge in [0, 0.05) is 12.2 Å². The van der Waals surface area contributed by atoms with Gasteiger partial charge in [-0.2, -0.15) is 13.3 Å². The zero-order chi connectivity index (χ0) is 24.3. The van der Waals surface area contributed by atoms with Crippen LogP contribution in [-0.4, -0.2) is 45.7 Å². The van der Waals surface area contributed by atoms with E-state index in [4.69, 9.17) is 10.2 Å². The Morgan fingerprint density at radius 1 is 0.735 bits per heavy atom. The first kappa shape index (κ1) is 33.9. The molecule has 0 spiro atoms. The summed E-state index contributed by atoms with van der Waals surface area (Å²) in [6, 6.07) is 10.4. The number of carbonyl (C=O) groups excluding carboxylic acids is 2. The normalized spacial score (nSPS) is 14.4. The predicted molar refractivity (Wildman–Crippen MR) is 126 cm³/mol. The van der Waals surface area contributed by atoms with Crippen LogP contribution in [0.15, 0.2) is 60.6 Å². The summed E-state index contributed by atoms with van der Waals surface area (Å²) in [5, 5.41) is 16.7. The molecule has 0 saturated heterocycles. The maximum absolute atomic E-state index is 10.0. The van der Waals surface area contributed by atoms with E-state index in [0.29, 0.717) is 0 Å². The van der Waals surface area contributed by atoms with E-state index in [-0.39, 0.29) is 65.2 Å². The second-order valence-corrected chi connectivity index (χ2v) is 7.11. The van der Waals surface area contributed by atoms with Gasteiger partial charge in [-0.25, -0.2) is 11.4 Å². The number of carbonyl (C=O) groups is 2. The van der Waals surface area contributed by atoms with Crippen LogP contribution in [0, 0.1) is 25.5 Å². The summed E-state index contributed by atoms with van der Waals surface area (Å²) in [4.78, 5) is 28.0. The number of ketones is 2. The molecule has 10 heteroatoms. The van der Waals surface area contributed by atoms with Gasteiger partial charge in [-0.05, 0) is 66.6 Å². The Morgan fingerprint density at radius 3 is 1.21 bits per heavy atom. The zero-order valence-corrected chi connectivity index (χ0v) is 24.5. The minimum absolute atomic E-state index is 0. The molecular weight excluding hydrogens is 798 g/mol. The van der Waals surface area contributed by atoms with E-state index in [1.807, 2.05) is 84.0 Å². The standard InChI is InChI=1S/C14H14N4.2C5H8O2.2Pt/c1-15-7-9-17(11-15)13-3-5-14(6-4-13)18-10-8-16(2)12-18;2*1-4(6)3-5(2)7;;/h3,6-12H,1-2H3;2*3,6H,1-2H3;;/q-4;;;2*+2. The molecule has 190 valence electrons. The van der Waals surface area contributed by atoms with E-state index < -0.39 is 0 Å². The Hall–Kier alpha value is -2.30. The molecule has 0 fully saturated rings. The Morgan fingerprint density at radius 2 is 1.06 bits per heavy atom. The van der Waals surface area contributed by atoms with E-state index in [9.17, 15) is 9.59 Å². The number of anilines is 2. The number of rotatable bonds is 4. The van der Waals surface area contributed by atoms with Crippen LogP contribution in [-0.2, 0) is 51.7 Å². The number of aliphatic hydroxyl groups is 2. The van der Waals surface area contributed by atoms with Crippen LogP contribution in [0.25, 0.3) is 0 Å². The molecule has 8 nitrogen and oxygen atoms in total. The van der Waals surface area contributed by atoms with E-state index in [1.165, 1.54) is 39.8 Å². The fourth-order valence-corrected chi connectivity index (χ4v) is 2.44. The largest absolute Gasteiger partial charge is 2.00 e. The first-order valence-electron chi connectivity index (χ1n) is 9.74. The molecule has 0 radical (unpaired) electrons. The van der Waals surface area contributed by atoms with Gasteiger partial charge in [-0.3, -0.25) is 33.9 Å². The molecular formula is C24H30N4O4Pt2. The molecule has 0 unspecified atom stereocenters. The monoisotopic (exact) mass is 828 g/mol. The van der Waals surface area contributed by atoms with Gasteiger partial charge in [0.15, 0.2) is 11.6 Å². The quantitative estimate of drug-likeness (QED) is 0.268. The second kappa shape index (κ2) is 17.2. The van der Waals surface area contributed by atoms with Crippen LogP contribution >= 0.6 is 0 Å². The number of allylic oxidation sites excluding steroid dienone is 4. The van der Waals surface area contributed by atoms with Gasteiger partial charge in [0.05, 0.1) is 11.5 Å². The topological polar surface area (TPSA) is 87.6 Å². The zero-order valence-electron chi connectivity index (χ0n) is 19.9. The summed E-state index contributed by atoms with van der Waals surface area (Å²) in [6.07, 6.45) is 10.3. The van der Waals surface area contributed by atoms with E-state index in [0.717, 1.165) is 11.4 Å². The minimum Gasteiger partial charge on any atom is -0.553 e. The molecule has 0 saturated carbocycles. The predicted octanol–water partition coefficient (Wildman–Crippen LogP) is 4.04. The molecule has 0 bridgehead atoms. The van der Waals surface area contributed by atoms with Crippen molar-refractivity contribution >= 4 is 22.9 Å². The second-order valence-electron chi connectivity index (χ2n) is 7.11. The Balaban J connectivity index is 0. The molecule has 0 atom stereocenters. The molecule has 2 N–H and O–H groups in total. The van der Waals surface area contributed by atoms with Crippen molar-refractivity contribution < 1.29 is 61.9 Å². The average molecular weight is 829 g/mol. The number of aliphatic hydroxyl groups excluding tert-OH is 2. The van der Waals surface area contributed by atoms with E-state index >= 15 is 0 Å². The maximum atomic E-state index is 10.0. The van der Waals surface area contributed by atoms with Crippen molar-refractivity contribution in [2.24, 2.45) is 0 Å². The number of hydrogen-bond donors (Lipinski definition) is 2. The third kappa shape index (κ3) is 14.1. The Kier molecular flexibility index (Phi) is 17.1. The van der Waals surface area contributed by atoms with Gasteiger partial charge < -0.3 is 29.8 Å². The smallest absolute Gasteiger partial charge is 0.553 e. The molecule has 0 aromatic heterocycles. The fraction of sp³-hybridized carbons (Fsp3) is 0.250. The summed E-state index contributed by atoms with van der Waals surface area (Å²) in [7, 11) is 3.99. The van der Waals surface area contributed by atoms with Gasteiger partial charge in [-0.1, -0.05) is 0 Å². The van der Waals surface area contributed by atoms with Gasteiger partial charge in [-0.15, -0.1) is 0 Å². The molecule has 2 heterocycles. The van der Waals surface area contributed by atoms with Gasteiger partial charge in [0.1, 0.15) is 0 Å². The Bertz CT molecular complexity index is 818. The summed E-state index contributed by atoms with van der Waals surface area (Å²) in [6.45, 7) is 9.69. The molecule has 3 rings (SSSR count). The molecule has 34 heavy (non-hydrogen) atoms. The van der Waals surface area contributed by atoms with Crippen LogP contribution in [0.2, 0.25) is 0 Å².